The highest BCUT2D eigenvalue weighted by molar-refractivity contribution is 5.93. The Bertz CT molecular complexity index is 425. The Labute approximate surface area is 116 Å². The molecule has 0 unspecified atom stereocenters. The number of nitrogens with zero attached hydrogens (tertiary/aromatic N) is 2. The number of carbonyl (C=O) groups excluding carboxylic acids is 1. The maximum Gasteiger partial charge on any atom is 0.253 e. The number of carbonyl (C=O) groups is 1. The fraction of sp³-hybridized carbons (Fsp3) is 0.562. The zero-order valence-corrected chi connectivity index (χ0v) is 12.2. The lowest BCUT2D eigenvalue weighted by Crippen LogP contribution is -2.33. The summed E-state index contributed by atoms with van der Waals surface area (Å²) in [4.78, 5) is 15.9. The van der Waals surface area contributed by atoms with Gasteiger partial charge in [-0.05, 0) is 43.0 Å². The van der Waals surface area contributed by atoms with Crippen molar-refractivity contribution in [3.63, 3.8) is 0 Å². The summed E-state index contributed by atoms with van der Waals surface area (Å²) in [5, 5.41) is 0. The van der Waals surface area contributed by atoms with Crippen LogP contribution in [-0.4, -0.2) is 42.9 Å². The van der Waals surface area contributed by atoms with E-state index in [1.807, 2.05) is 12.1 Å². The molecule has 1 heterocycles. The second kappa shape index (κ2) is 6.20. The highest BCUT2D eigenvalue weighted by Crippen LogP contribution is 2.18. The topological polar surface area (TPSA) is 23.6 Å². The third-order valence-electron chi connectivity index (χ3n) is 3.75. The minimum absolute atomic E-state index is 0.0677. The van der Waals surface area contributed by atoms with Crippen LogP contribution in [0, 0.1) is 5.92 Å². The Morgan fingerprint density at radius 2 is 2.00 bits per heavy atom. The van der Waals surface area contributed by atoms with Crippen LogP contribution < -0.4 is 0 Å². The maximum atomic E-state index is 11.8. The molecule has 0 bridgehead atoms. The summed E-state index contributed by atoms with van der Waals surface area (Å²) in [7, 11) is 3.57. The maximum absolute atomic E-state index is 11.8. The highest BCUT2D eigenvalue weighted by Gasteiger charge is 2.16. The summed E-state index contributed by atoms with van der Waals surface area (Å²) in [6.45, 7) is 5.72. The molecule has 0 spiro atoms. The average Bonchev–Trinajstić information content (AvgIpc) is 2.39. The fourth-order valence-electron chi connectivity index (χ4n) is 2.70. The van der Waals surface area contributed by atoms with Gasteiger partial charge in [0.1, 0.15) is 0 Å². The average molecular weight is 260 g/mol. The van der Waals surface area contributed by atoms with Crippen LogP contribution in [0.5, 0.6) is 0 Å². The molecular weight excluding hydrogens is 236 g/mol. The van der Waals surface area contributed by atoms with Crippen LogP contribution in [-0.2, 0) is 6.54 Å². The molecule has 1 aliphatic heterocycles. The number of benzene rings is 1. The van der Waals surface area contributed by atoms with E-state index in [9.17, 15) is 4.79 Å². The van der Waals surface area contributed by atoms with Crippen LogP contribution in [0.4, 0.5) is 0 Å². The van der Waals surface area contributed by atoms with E-state index in [0.717, 1.165) is 18.0 Å². The molecule has 0 aliphatic carbocycles. The fourth-order valence-corrected chi connectivity index (χ4v) is 2.70. The Balaban J connectivity index is 1.97. The van der Waals surface area contributed by atoms with Gasteiger partial charge in [-0.3, -0.25) is 9.69 Å². The molecule has 1 fully saturated rings. The molecule has 0 N–H and O–H groups in total. The Hall–Kier alpha value is -1.35. The van der Waals surface area contributed by atoms with E-state index in [-0.39, 0.29) is 5.91 Å². The summed E-state index contributed by atoms with van der Waals surface area (Å²) in [5.74, 6) is 0.876. The van der Waals surface area contributed by atoms with Crippen molar-refractivity contribution < 1.29 is 4.79 Å². The number of piperidine rings is 1. The third kappa shape index (κ3) is 3.80. The van der Waals surface area contributed by atoms with Crippen molar-refractivity contribution in [3.05, 3.63) is 35.4 Å². The lowest BCUT2D eigenvalue weighted by Gasteiger charge is -2.30. The molecule has 2 rings (SSSR count). The van der Waals surface area contributed by atoms with E-state index < -0.39 is 0 Å². The van der Waals surface area contributed by atoms with Gasteiger partial charge in [0.25, 0.3) is 5.91 Å². The van der Waals surface area contributed by atoms with Gasteiger partial charge in [-0.15, -0.1) is 0 Å². The molecule has 1 aromatic rings. The molecule has 0 saturated carbocycles. The van der Waals surface area contributed by atoms with Crippen molar-refractivity contribution >= 4 is 5.91 Å². The number of likely N-dealkylation sites (tertiary alicyclic amines) is 1. The second-order valence-corrected chi connectivity index (χ2v) is 5.88. The zero-order valence-electron chi connectivity index (χ0n) is 12.2. The van der Waals surface area contributed by atoms with E-state index in [1.165, 1.54) is 31.5 Å². The van der Waals surface area contributed by atoms with E-state index in [0.29, 0.717) is 0 Å². The van der Waals surface area contributed by atoms with Gasteiger partial charge in [-0.1, -0.05) is 19.1 Å². The molecule has 1 saturated heterocycles. The van der Waals surface area contributed by atoms with Crippen LogP contribution in [0.3, 0.4) is 0 Å². The smallest absolute Gasteiger partial charge is 0.253 e. The largest absolute Gasteiger partial charge is 0.345 e. The van der Waals surface area contributed by atoms with Crippen molar-refractivity contribution in [1.82, 2.24) is 9.80 Å². The molecule has 0 radical (unpaired) electrons. The van der Waals surface area contributed by atoms with Crippen LogP contribution in [0.2, 0.25) is 0 Å². The van der Waals surface area contributed by atoms with Gasteiger partial charge in [0.05, 0.1) is 0 Å². The highest BCUT2D eigenvalue weighted by atomic mass is 16.2. The molecule has 1 amide bonds. The van der Waals surface area contributed by atoms with Crippen molar-refractivity contribution in [1.29, 1.82) is 0 Å². The standard InChI is InChI=1S/C16H24N2O/c1-13-5-4-10-18(11-13)12-14-6-8-15(9-7-14)16(19)17(2)3/h6-9,13H,4-5,10-12H2,1-3H3/t13-/m0/s1. The van der Waals surface area contributed by atoms with Gasteiger partial charge in [0.2, 0.25) is 0 Å². The first-order chi connectivity index (χ1) is 9.06. The predicted molar refractivity (Wildman–Crippen MR) is 78.1 cm³/mol. The molecule has 1 aromatic carbocycles. The van der Waals surface area contributed by atoms with Gasteiger partial charge < -0.3 is 4.90 Å². The lowest BCUT2D eigenvalue weighted by atomic mass is 9.99. The predicted octanol–water partition coefficient (Wildman–Crippen LogP) is 2.62. The van der Waals surface area contributed by atoms with Gasteiger partial charge in [0.15, 0.2) is 0 Å². The second-order valence-electron chi connectivity index (χ2n) is 5.88. The summed E-state index contributed by atoms with van der Waals surface area (Å²) in [6, 6.07) is 8.03. The minimum Gasteiger partial charge on any atom is -0.345 e. The van der Waals surface area contributed by atoms with Crippen molar-refractivity contribution in [3.8, 4) is 0 Å². The number of hydrogen-bond acceptors (Lipinski definition) is 2. The summed E-state index contributed by atoms with van der Waals surface area (Å²) in [6.07, 6.45) is 2.66. The first-order valence-electron chi connectivity index (χ1n) is 7.09. The van der Waals surface area contributed by atoms with E-state index in [4.69, 9.17) is 0 Å². The van der Waals surface area contributed by atoms with Crippen molar-refractivity contribution in [2.24, 2.45) is 5.92 Å². The van der Waals surface area contributed by atoms with Crippen molar-refractivity contribution in [2.45, 2.75) is 26.3 Å². The molecule has 3 heteroatoms. The monoisotopic (exact) mass is 260 g/mol. The first kappa shape index (κ1) is 14.1. The normalized spacial score (nSPS) is 20.3. The SMILES string of the molecule is C[C@H]1CCCN(Cc2ccc(C(=O)N(C)C)cc2)C1. The number of rotatable bonds is 3. The Morgan fingerprint density at radius 1 is 1.32 bits per heavy atom. The van der Waals surface area contributed by atoms with E-state index in [2.05, 4.69) is 24.0 Å². The van der Waals surface area contributed by atoms with Gasteiger partial charge >= 0.3 is 0 Å². The van der Waals surface area contributed by atoms with Crippen LogP contribution in [0.1, 0.15) is 35.7 Å². The Kier molecular flexibility index (Phi) is 4.59. The van der Waals surface area contributed by atoms with E-state index >= 15 is 0 Å². The van der Waals surface area contributed by atoms with E-state index in [1.54, 1.807) is 19.0 Å². The summed E-state index contributed by atoms with van der Waals surface area (Å²) in [5.41, 5.74) is 2.06. The van der Waals surface area contributed by atoms with Gasteiger partial charge in [0, 0.05) is 32.7 Å². The molecular formula is C16H24N2O. The van der Waals surface area contributed by atoms with Crippen LogP contribution in [0.25, 0.3) is 0 Å². The lowest BCUT2D eigenvalue weighted by molar-refractivity contribution is 0.0827. The molecule has 1 aliphatic rings. The minimum atomic E-state index is 0.0677. The van der Waals surface area contributed by atoms with Crippen molar-refractivity contribution in [2.75, 3.05) is 27.2 Å². The van der Waals surface area contributed by atoms with Crippen LogP contribution in [0.15, 0.2) is 24.3 Å². The van der Waals surface area contributed by atoms with Gasteiger partial charge in [-0.25, -0.2) is 0 Å². The molecule has 0 aromatic heterocycles. The quantitative estimate of drug-likeness (QED) is 0.834. The van der Waals surface area contributed by atoms with Crippen LogP contribution >= 0.6 is 0 Å². The number of amides is 1. The Morgan fingerprint density at radius 3 is 2.58 bits per heavy atom. The molecule has 19 heavy (non-hydrogen) atoms. The zero-order chi connectivity index (χ0) is 13.8. The third-order valence-corrected chi connectivity index (χ3v) is 3.75. The first-order valence-corrected chi connectivity index (χ1v) is 7.09. The van der Waals surface area contributed by atoms with Gasteiger partial charge in [-0.2, -0.15) is 0 Å². The molecule has 1 atom stereocenters. The molecule has 104 valence electrons. The number of hydrogen-bond donors (Lipinski definition) is 0. The summed E-state index contributed by atoms with van der Waals surface area (Å²) < 4.78 is 0. The molecule has 3 nitrogen and oxygen atoms in total. The summed E-state index contributed by atoms with van der Waals surface area (Å²) >= 11 is 0.